The van der Waals surface area contributed by atoms with Crippen LogP contribution >= 0.6 is 0 Å². The van der Waals surface area contributed by atoms with Gasteiger partial charge in [-0.15, -0.1) is 0 Å². The lowest BCUT2D eigenvalue weighted by molar-refractivity contribution is 0.203. The molecule has 0 radical (unpaired) electrons. The summed E-state index contributed by atoms with van der Waals surface area (Å²) in [5.41, 5.74) is 1.09. The van der Waals surface area contributed by atoms with Crippen LogP contribution in [0, 0.1) is 6.92 Å². The Bertz CT molecular complexity index is 598. The summed E-state index contributed by atoms with van der Waals surface area (Å²) in [5.74, 6) is -0.255. The molecule has 1 heterocycles. The van der Waals surface area contributed by atoms with E-state index in [-0.39, 0.29) is 29.2 Å². The maximum absolute atomic E-state index is 10.3. The molecule has 0 saturated carbocycles. The Labute approximate surface area is 110 Å². The zero-order valence-electron chi connectivity index (χ0n) is 10.4. The zero-order valence-corrected chi connectivity index (χ0v) is 10.4. The summed E-state index contributed by atoms with van der Waals surface area (Å²) in [6, 6.07) is 6.30. The first-order valence-electron chi connectivity index (χ1n) is 5.80. The first kappa shape index (κ1) is 13.3. The molecule has 0 aliphatic heterocycles. The number of aromatic nitrogens is 1. The Balaban J connectivity index is 2.58. The van der Waals surface area contributed by atoms with Gasteiger partial charge in [-0.1, -0.05) is 18.2 Å². The molecule has 0 saturated heterocycles. The number of aliphatic hydroxyl groups is 2. The molecule has 0 aliphatic rings. The lowest BCUT2D eigenvalue weighted by Gasteiger charge is -2.18. The largest absolute Gasteiger partial charge is 0.508 e. The van der Waals surface area contributed by atoms with Crippen molar-refractivity contribution in [3.05, 3.63) is 52.8 Å². The minimum absolute atomic E-state index is 0.0762. The van der Waals surface area contributed by atoms with Crippen LogP contribution in [0.2, 0.25) is 0 Å². The molecule has 5 nitrogen and oxygen atoms in total. The lowest BCUT2D eigenvalue weighted by atomic mass is 9.96. The number of pyridine rings is 1. The molecule has 0 aliphatic carbocycles. The van der Waals surface area contributed by atoms with E-state index in [1.54, 1.807) is 25.1 Å². The van der Waals surface area contributed by atoms with Crippen LogP contribution in [0.3, 0.4) is 0 Å². The molecule has 100 valence electrons. The smallest absolute Gasteiger partial charge is 0.143 e. The fraction of sp³-hybridized carbons (Fsp3) is 0.214. The fourth-order valence-corrected chi connectivity index (χ4v) is 1.96. The molecule has 19 heavy (non-hydrogen) atoms. The van der Waals surface area contributed by atoms with Gasteiger partial charge in [0.1, 0.15) is 17.6 Å². The molecule has 1 atom stereocenters. The SMILES string of the molecule is Cc1ncc(CO)c(C(O)c2ccccc2O)c1O. The highest BCUT2D eigenvalue weighted by atomic mass is 16.3. The summed E-state index contributed by atoms with van der Waals surface area (Å²) in [6.07, 6.45) is 0.165. The molecule has 1 aromatic carbocycles. The van der Waals surface area contributed by atoms with E-state index in [0.29, 0.717) is 11.3 Å². The number of phenolic OH excluding ortho intramolecular Hbond substituents is 1. The maximum atomic E-state index is 10.3. The van der Waals surface area contributed by atoms with Gasteiger partial charge in [0, 0.05) is 22.9 Å². The van der Waals surface area contributed by atoms with Crippen molar-refractivity contribution in [1.29, 1.82) is 0 Å². The topological polar surface area (TPSA) is 93.8 Å². The number of hydrogen-bond acceptors (Lipinski definition) is 5. The van der Waals surface area contributed by atoms with Crippen molar-refractivity contribution >= 4 is 0 Å². The van der Waals surface area contributed by atoms with Crippen molar-refractivity contribution in [3.63, 3.8) is 0 Å². The number of para-hydroxylation sites is 1. The Kier molecular flexibility index (Phi) is 3.69. The summed E-state index contributed by atoms with van der Waals surface area (Å²) >= 11 is 0. The van der Waals surface area contributed by atoms with E-state index in [0.717, 1.165) is 0 Å². The van der Waals surface area contributed by atoms with Crippen LogP contribution in [0.15, 0.2) is 30.5 Å². The maximum Gasteiger partial charge on any atom is 0.143 e. The quantitative estimate of drug-likeness (QED) is 0.669. The third-order valence-corrected chi connectivity index (χ3v) is 3.03. The third-order valence-electron chi connectivity index (χ3n) is 3.03. The van der Waals surface area contributed by atoms with E-state index in [4.69, 9.17) is 0 Å². The number of hydrogen-bond donors (Lipinski definition) is 4. The van der Waals surface area contributed by atoms with E-state index in [9.17, 15) is 20.4 Å². The Morgan fingerprint density at radius 1 is 1.21 bits per heavy atom. The van der Waals surface area contributed by atoms with Gasteiger partial charge in [-0.25, -0.2) is 0 Å². The van der Waals surface area contributed by atoms with Crippen LogP contribution in [0.25, 0.3) is 0 Å². The second-order valence-electron chi connectivity index (χ2n) is 4.25. The molecule has 5 heteroatoms. The predicted molar refractivity (Wildman–Crippen MR) is 68.7 cm³/mol. The van der Waals surface area contributed by atoms with Gasteiger partial charge in [0.25, 0.3) is 0 Å². The van der Waals surface area contributed by atoms with E-state index in [2.05, 4.69) is 4.98 Å². The average molecular weight is 261 g/mol. The highest BCUT2D eigenvalue weighted by molar-refractivity contribution is 5.48. The van der Waals surface area contributed by atoms with Gasteiger partial charge >= 0.3 is 0 Å². The number of nitrogens with zero attached hydrogens (tertiary/aromatic N) is 1. The lowest BCUT2D eigenvalue weighted by Crippen LogP contribution is -2.07. The first-order chi connectivity index (χ1) is 9.06. The van der Waals surface area contributed by atoms with E-state index in [1.165, 1.54) is 12.3 Å². The normalized spacial score (nSPS) is 12.4. The van der Waals surface area contributed by atoms with Crippen molar-refractivity contribution in [2.45, 2.75) is 19.6 Å². The molecule has 1 aromatic heterocycles. The highest BCUT2D eigenvalue weighted by Crippen LogP contribution is 2.36. The van der Waals surface area contributed by atoms with Crippen molar-refractivity contribution in [2.75, 3.05) is 0 Å². The minimum Gasteiger partial charge on any atom is -0.508 e. The summed E-state index contributed by atoms with van der Waals surface area (Å²) in [7, 11) is 0. The van der Waals surface area contributed by atoms with Crippen LogP contribution in [0.5, 0.6) is 11.5 Å². The van der Waals surface area contributed by atoms with Crippen molar-refractivity contribution in [1.82, 2.24) is 4.98 Å². The second-order valence-corrected chi connectivity index (χ2v) is 4.25. The fourth-order valence-electron chi connectivity index (χ4n) is 1.96. The molecular weight excluding hydrogens is 246 g/mol. The molecule has 0 amide bonds. The molecule has 2 aromatic rings. The summed E-state index contributed by atoms with van der Waals surface area (Å²) < 4.78 is 0. The minimum atomic E-state index is -1.23. The Morgan fingerprint density at radius 3 is 2.53 bits per heavy atom. The van der Waals surface area contributed by atoms with E-state index in [1.807, 2.05) is 0 Å². The van der Waals surface area contributed by atoms with Crippen LogP contribution in [0.4, 0.5) is 0 Å². The first-order valence-corrected chi connectivity index (χ1v) is 5.80. The third kappa shape index (κ3) is 2.38. The van der Waals surface area contributed by atoms with Crippen LogP contribution in [0.1, 0.15) is 28.5 Å². The standard InChI is InChI=1S/C14H15NO4/c1-8-13(18)12(9(7-16)6-15-8)14(19)10-4-2-3-5-11(10)17/h2-6,14,16-19H,7H2,1H3. The highest BCUT2D eigenvalue weighted by Gasteiger charge is 2.22. The molecule has 1 unspecified atom stereocenters. The van der Waals surface area contributed by atoms with Gasteiger partial charge in [-0.3, -0.25) is 4.98 Å². The number of rotatable bonds is 3. The van der Waals surface area contributed by atoms with Gasteiger partial charge in [-0.05, 0) is 13.0 Å². The van der Waals surface area contributed by atoms with Gasteiger partial charge in [0.15, 0.2) is 0 Å². The molecule has 0 bridgehead atoms. The zero-order chi connectivity index (χ0) is 14.0. The van der Waals surface area contributed by atoms with E-state index >= 15 is 0 Å². The van der Waals surface area contributed by atoms with Crippen LogP contribution in [-0.2, 0) is 6.61 Å². The Morgan fingerprint density at radius 2 is 1.89 bits per heavy atom. The predicted octanol–water partition coefficient (Wildman–Crippen LogP) is 1.38. The van der Waals surface area contributed by atoms with E-state index < -0.39 is 6.10 Å². The monoisotopic (exact) mass is 261 g/mol. The molecule has 2 rings (SSSR count). The van der Waals surface area contributed by atoms with Crippen molar-refractivity contribution in [2.24, 2.45) is 0 Å². The molecule has 4 N–H and O–H groups in total. The number of benzene rings is 1. The number of phenols is 1. The van der Waals surface area contributed by atoms with Gasteiger partial charge < -0.3 is 20.4 Å². The van der Waals surface area contributed by atoms with Crippen molar-refractivity contribution in [3.8, 4) is 11.5 Å². The molecule has 0 fully saturated rings. The van der Waals surface area contributed by atoms with Crippen LogP contribution in [-0.4, -0.2) is 25.4 Å². The number of aryl methyl sites for hydroxylation is 1. The van der Waals surface area contributed by atoms with Gasteiger partial charge in [0.2, 0.25) is 0 Å². The summed E-state index contributed by atoms with van der Waals surface area (Å²) in [4.78, 5) is 3.93. The molecule has 0 spiro atoms. The van der Waals surface area contributed by atoms with Gasteiger partial charge in [-0.2, -0.15) is 0 Å². The van der Waals surface area contributed by atoms with Crippen molar-refractivity contribution < 1.29 is 20.4 Å². The Hall–Kier alpha value is -2.11. The second kappa shape index (κ2) is 5.26. The van der Waals surface area contributed by atoms with Crippen LogP contribution < -0.4 is 0 Å². The summed E-state index contributed by atoms with van der Waals surface area (Å²) in [5, 5.41) is 39.4. The summed E-state index contributed by atoms with van der Waals surface area (Å²) in [6.45, 7) is 1.23. The number of aromatic hydroxyl groups is 2. The van der Waals surface area contributed by atoms with Gasteiger partial charge in [0.05, 0.1) is 12.3 Å². The average Bonchev–Trinajstić information content (AvgIpc) is 2.41. The molecular formula is C14H15NO4. The number of aliphatic hydroxyl groups excluding tert-OH is 2.